The molecular weight excluding hydrogens is 348 g/mol. The third-order valence-corrected chi connectivity index (χ3v) is 6.59. The minimum Gasteiger partial charge on any atom is -0.381 e. The molecule has 2 aliphatic heterocycles. The van der Waals surface area contributed by atoms with Crippen LogP contribution in [0.2, 0.25) is 0 Å². The van der Waals surface area contributed by atoms with Crippen molar-refractivity contribution in [1.82, 2.24) is 14.9 Å². The van der Waals surface area contributed by atoms with Gasteiger partial charge in [-0.05, 0) is 43.7 Å². The first-order chi connectivity index (χ1) is 13.8. The summed E-state index contributed by atoms with van der Waals surface area (Å²) < 4.78 is 5.57. The molecule has 5 heteroatoms. The largest absolute Gasteiger partial charge is 0.381 e. The molecule has 0 bridgehead atoms. The van der Waals surface area contributed by atoms with Gasteiger partial charge in [-0.2, -0.15) is 0 Å². The highest BCUT2D eigenvalue weighted by molar-refractivity contribution is 5.41. The van der Waals surface area contributed by atoms with Crippen LogP contribution in [-0.2, 0) is 17.6 Å². The molecule has 0 amide bonds. The Bertz CT molecular complexity index is 808. The van der Waals surface area contributed by atoms with Gasteiger partial charge in [0.1, 0.15) is 11.6 Å². The molecule has 28 heavy (non-hydrogen) atoms. The number of hydrogen-bond acceptors (Lipinski definition) is 5. The highest BCUT2D eigenvalue weighted by Gasteiger charge is 2.28. The Morgan fingerprint density at radius 2 is 1.82 bits per heavy atom. The Morgan fingerprint density at radius 1 is 1.00 bits per heavy atom. The maximum atomic E-state index is 5.57. The zero-order valence-corrected chi connectivity index (χ0v) is 16.8. The molecular formula is C23H30N4O. The topological polar surface area (TPSA) is 41.5 Å². The Balaban J connectivity index is 1.27. The number of benzene rings is 1. The maximum Gasteiger partial charge on any atom is 0.132 e. The number of aryl methyl sites for hydroxylation is 1. The summed E-state index contributed by atoms with van der Waals surface area (Å²) in [6.07, 6.45) is 4.67. The number of nitrogens with zero attached hydrogens (tertiary/aromatic N) is 4. The number of hydrogen-bond donors (Lipinski definition) is 0. The zero-order valence-electron chi connectivity index (χ0n) is 16.8. The molecule has 2 fully saturated rings. The Labute approximate surface area is 167 Å². The van der Waals surface area contributed by atoms with Gasteiger partial charge in [-0.15, -0.1) is 0 Å². The second-order valence-corrected chi connectivity index (χ2v) is 8.47. The van der Waals surface area contributed by atoms with Gasteiger partial charge < -0.3 is 9.64 Å². The van der Waals surface area contributed by atoms with Crippen LogP contribution in [0, 0.1) is 6.92 Å². The van der Waals surface area contributed by atoms with Gasteiger partial charge >= 0.3 is 0 Å². The van der Waals surface area contributed by atoms with E-state index in [0.717, 1.165) is 56.6 Å². The standard InChI is InChI=1S/C23H30N4O/c1-17-24-22(20-7-12-28-16-20)15-23(25-17)27-9-4-8-26(10-11-27)21-13-18-5-2-3-6-19(18)14-21/h2-3,5-6,15,20-21H,4,7-14,16H2,1H3/t20-/m1/s1. The lowest BCUT2D eigenvalue weighted by Crippen LogP contribution is -2.39. The van der Waals surface area contributed by atoms with Gasteiger partial charge in [0, 0.05) is 50.8 Å². The van der Waals surface area contributed by atoms with Crippen LogP contribution in [0.25, 0.3) is 0 Å². The van der Waals surface area contributed by atoms with Gasteiger partial charge in [-0.25, -0.2) is 9.97 Å². The van der Waals surface area contributed by atoms with Gasteiger partial charge in [0.25, 0.3) is 0 Å². The zero-order chi connectivity index (χ0) is 18.9. The maximum absolute atomic E-state index is 5.57. The van der Waals surface area contributed by atoms with E-state index in [2.05, 4.69) is 40.1 Å². The minimum atomic E-state index is 0.431. The van der Waals surface area contributed by atoms with Gasteiger partial charge in [-0.1, -0.05) is 24.3 Å². The molecule has 3 aliphatic rings. The van der Waals surface area contributed by atoms with E-state index < -0.39 is 0 Å². The molecule has 0 unspecified atom stereocenters. The molecule has 5 nitrogen and oxygen atoms in total. The summed E-state index contributed by atoms with van der Waals surface area (Å²) in [4.78, 5) is 14.7. The summed E-state index contributed by atoms with van der Waals surface area (Å²) in [5.41, 5.74) is 4.25. The van der Waals surface area contributed by atoms with Crippen LogP contribution in [0.4, 0.5) is 5.82 Å². The normalized spacial score (nSPS) is 23.8. The summed E-state index contributed by atoms with van der Waals surface area (Å²) in [6.45, 7) is 8.09. The molecule has 1 aliphatic carbocycles. The van der Waals surface area contributed by atoms with Crippen LogP contribution in [0.15, 0.2) is 30.3 Å². The molecule has 3 heterocycles. The molecule has 2 saturated heterocycles. The molecule has 0 N–H and O–H groups in total. The molecule has 0 radical (unpaired) electrons. The summed E-state index contributed by atoms with van der Waals surface area (Å²) in [7, 11) is 0. The Kier molecular flexibility index (Phi) is 5.03. The summed E-state index contributed by atoms with van der Waals surface area (Å²) in [5, 5.41) is 0. The molecule has 0 spiro atoms. The van der Waals surface area contributed by atoms with Crippen molar-refractivity contribution in [3.63, 3.8) is 0 Å². The molecule has 1 aromatic heterocycles. The van der Waals surface area contributed by atoms with Gasteiger partial charge in [-0.3, -0.25) is 4.90 Å². The van der Waals surface area contributed by atoms with E-state index in [1.54, 1.807) is 11.1 Å². The molecule has 2 aromatic rings. The van der Waals surface area contributed by atoms with Crippen molar-refractivity contribution in [3.8, 4) is 0 Å². The van der Waals surface area contributed by atoms with E-state index >= 15 is 0 Å². The average molecular weight is 379 g/mol. The monoisotopic (exact) mass is 378 g/mol. The van der Waals surface area contributed by atoms with Crippen molar-refractivity contribution in [2.45, 2.75) is 44.6 Å². The highest BCUT2D eigenvalue weighted by atomic mass is 16.5. The number of fused-ring (bicyclic) bond motifs is 1. The Hall–Kier alpha value is -1.98. The summed E-state index contributed by atoms with van der Waals surface area (Å²) >= 11 is 0. The van der Waals surface area contributed by atoms with Gasteiger partial charge in [0.05, 0.1) is 12.3 Å². The number of aromatic nitrogens is 2. The predicted molar refractivity (Wildman–Crippen MR) is 111 cm³/mol. The number of rotatable bonds is 3. The minimum absolute atomic E-state index is 0.431. The predicted octanol–water partition coefficient (Wildman–Crippen LogP) is 2.97. The van der Waals surface area contributed by atoms with Crippen molar-refractivity contribution in [2.75, 3.05) is 44.3 Å². The van der Waals surface area contributed by atoms with Crippen molar-refractivity contribution in [2.24, 2.45) is 0 Å². The van der Waals surface area contributed by atoms with Crippen LogP contribution in [0.3, 0.4) is 0 Å². The van der Waals surface area contributed by atoms with E-state index in [9.17, 15) is 0 Å². The lowest BCUT2D eigenvalue weighted by molar-refractivity contribution is 0.193. The smallest absolute Gasteiger partial charge is 0.132 e. The molecule has 5 rings (SSSR count). The van der Waals surface area contributed by atoms with E-state index in [0.29, 0.717) is 12.0 Å². The van der Waals surface area contributed by atoms with Crippen LogP contribution in [0.5, 0.6) is 0 Å². The van der Waals surface area contributed by atoms with Crippen LogP contribution in [-0.4, -0.2) is 60.3 Å². The lowest BCUT2D eigenvalue weighted by atomic mass is 10.0. The first-order valence-corrected chi connectivity index (χ1v) is 10.8. The fraction of sp³-hybridized carbons (Fsp3) is 0.565. The molecule has 148 valence electrons. The van der Waals surface area contributed by atoms with E-state index in [1.165, 1.54) is 25.8 Å². The Morgan fingerprint density at radius 3 is 2.57 bits per heavy atom. The van der Waals surface area contributed by atoms with Crippen LogP contribution < -0.4 is 4.90 Å². The fourth-order valence-electron chi connectivity index (χ4n) is 5.04. The molecule has 1 aromatic carbocycles. The number of ether oxygens (including phenoxy) is 1. The van der Waals surface area contributed by atoms with E-state index in [1.807, 2.05) is 6.92 Å². The summed E-state index contributed by atoms with van der Waals surface area (Å²) in [6, 6.07) is 11.8. The van der Waals surface area contributed by atoms with Crippen molar-refractivity contribution in [3.05, 3.63) is 53.0 Å². The van der Waals surface area contributed by atoms with E-state index in [4.69, 9.17) is 14.7 Å². The molecule has 0 saturated carbocycles. The second kappa shape index (κ2) is 7.80. The highest BCUT2D eigenvalue weighted by Crippen LogP contribution is 2.28. The third kappa shape index (κ3) is 3.65. The first-order valence-electron chi connectivity index (χ1n) is 10.8. The first kappa shape index (κ1) is 18.1. The van der Waals surface area contributed by atoms with Crippen molar-refractivity contribution >= 4 is 5.82 Å². The molecule has 1 atom stereocenters. The fourth-order valence-corrected chi connectivity index (χ4v) is 5.04. The van der Waals surface area contributed by atoms with Crippen LogP contribution >= 0.6 is 0 Å². The quantitative estimate of drug-likeness (QED) is 0.821. The SMILES string of the molecule is Cc1nc([C@@H]2CCOC2)cc(N2CCCN(C3Cc4ccccc4C3)CC2)n1. The average Bonchev–Trinajstić information content (AvgIpc) is 3.32. The third-order valence-electron chi connectivity index (χ3n) is 6.59. The van der Waals surface area contributed by atoms with Crippen molar-refractivity contribution in [1.29, 1.82) is 0 Å². The van der Waals surface area contributed by atoms with Crippen LogP contribution in [0.1, 0.15) is 41.4 Å². The summed E-state index contributed by atoms with van der Waals surface area (Å²) in [5.74, 6) is 2.42. The van der Waals surface area contributed by atoms with Crippen molar-refractivity contribution < 1.29 is 4.74 Å². The van der Waals surface area contributed by atoms with Gasteiger partial charge in [0.2, 0.25) is 0 Å². The number of anilines is 1. The van der Waals surface area contributed by atoms with E-state index in [-0.39, 0.29) is 0 Å². The second-order valence-electron chi connectivity index (χ2n) is 8.47. The lowest BCUT2D eigenvalue weighted by Gasteiger charge is -2.27. The van der Waals surface area contributed by atoms with Gasteiger partial charge in [0.15, 0.2) is 0 Å².